The van der Waals surface area contributed by atoms with Crippen LogP contribution < -0.4 is 15.4 Å². The quantitative estimate of drug-likeness (QED) is 0.517. The van der Waals surface area contributed by atoms with Gasteiger partial charge in [0.2, 0.25) is 10.0 Å². The molecule has 1 saturated heterocycles. The Morgan fingerprint density at radius 3 is 2.75 bits per heavy atom. The molecule has 4 heterocycles. The highest BCUT2D eigenvalue weighted by Crippen LogP contribution is 2.34. The molecule has 11 nitrogen and oxygen atoms in total. The molecule has 2 aliphatic rings. The molecule has 0 spiro atoms. The summed E-state index contributed by atoms with van der Waals surface area (Å²) in [6, 6.07) is 6.13. The fraction of sp³-hybridized carbons (Fsp3) is 0.391. The number of hydrogen-bond donors (Lipinski definition) is 2. The second-order valence-electron chi connectivity index (χ2n) is 9.09. The van der Waals surface area contributed by atoms with Gasteiger partial charge in [0.15, 0.2) is 11.6 Å². The molecule has 3 aromatic rings. The van der Waals surface area contributed by atoms with Crippen molar-refractivity contribution >= 4 is 50.6 Å². The van der Waals surface area contributed by atoms with E-state index in [1.165, 1.54) is 12.1 Å². The number of nitrogens with zero attached hydrogens (tertiary/aromatic N) is 6. The van der Waals surface area contributed by atoms with E-state index >= 15 is 0 Å². The maximum absolute atomic E-state index is 13.7. The lowest BCUT2D eigenvalue weighted by molar-refractivity contribution is 0.0607. The van der Waals surface area contributed by atoms with Crippen LogP contribution in [0.25, 0.3) is 5.65 Å². The third kappa shape index (κ3) is 4.70. The van der Waals surface area contributed by atoms with Gasteiger partial charge >= 0.3 is 0 Å². The zero-order valence-corrected chi connectivity index (χ0v) is 21.6. The highest BCUT2D eigenvalue weighted by Gasteiger charge is 2.32. The first-order chi connectivity index (χ1) is 17.1. The van der Waals surface area contributed by atoms with Crippen LogP contribution in [0.5, 0.6) is 0 Å². The number of hydrogen-bond acceptors (Lipinski definition) is 8. The normalized spacial score (nSPS) is 18.5. The molecule has 1 aromatic carbocycles. The highest BCUT2D eigenvalue weighted by atomic mass is 35.5. The second kappa shape index (κ2) is 9.25. The molecule has 1 unspecified atom stereocenters. The predicted molar refractivity (Wildman–Crippen MR) is 139 cm³/mol. The number of carbonyl (C=O) groups is 1. The van der Waals surface area contributed by atoms with Crippen LogP contribution in [0, 0.1) is 6.92 Å². The zero-order chi connectivity index (χ0) is 25.6. The third-order valence-electron chi connectivity index (χ3n) is 6.37. The first-order valence-corrected chi connectivity index (χ1v) is 13.9. The van der Waals surface area contributed by atoms with Crippen molar-refractivity contribution in [3.8, 4) is 0 Å². The Bertz CT molecular complexity index is 1490. The molecule has 1 atom stereocenters. The molecule has 0 radical (unpaired) electrons. The van der Waals surface area contributed by atoms with Gasteiger partial charge in [-0.05, 0) is 44.4 Å². The molecule has 5 rings (SSSR count). The number of guanidine groups is 1. The molecule has 3 N–H and O–H groups in total. The Kier molecular flexibility index (Phi) is 6.25. The van der Waals surface area contributed by atoms with Crippen molar-refractivity contribution in [1.29, 1.82) is 0 Å². The number of piperidine rings is 1. The van der Waals surface area contributed by atoms with E-state index in [0.717, 1.165) is 42.6 Å². The van der Waals surface area contributed by atoms with Gasteiger partial charge in [0.05, 0.1) is 35.8 Å². The van der Waals surface area contributed by atoms with Gasteiger partial charge in [-0.2, -0.15) is 5.10 Å². The van der Waals surface area contributed by atoms with Gasteiger partial charge in [-0.25, -0.2) is 17.9 Å². The third-order valence-corrected chi connectivity index (χ3v) is 7.19. The fourth-order valence-corrected chi connectivity index (χ4v) is 5.50. The monoisotopic (exact) mass is 530 g/mol. The Morgan fingerprint density at radius 2 is 2.03 bits per heavy atom. The number of fused-ring (bicyclic) bond motifs is 1. The summed E-state index contributed by atoms with van der Waals surface area (Å²) in [5, 5.41) is 5.10. The summed E-state index contributed by atoms with van der Waals surface area (Å²) in [6.45, 7) is 3.76. The van der Waals surface area contributed by atoms with Gasteiger partial charge in [-0.15, -0.1) is 0 Å². The molecule has 2 aliphatic heterocycles. The average Bonchev–Trinajstić information content (AvgIpc) is 3.43. The van der Waals surface area contributed by atoms with Crippen LogP contribution in [0.3, 0.4) is 0 Å². The Hall–Kier alpha value is -3.38. The van der Waals surface area contributed by atoms with E-state index < -0.39 is 10.0 Å². The van der Waals surface area contributed by atoms with Crippen molar-refractivity contribution in [2.24, 2.45) is 10.7 Å². The fourth-order valence-electron chi connectivity index (χ4n) is 4.75. The van der Waals surface area contributed by atoms with Crippen molar-refractivity contribution in [3.63, 3.8) is 0 Å². The number of nitrogens with two attached hydrogens (primary N) is 1. The lowest BCUT2D eigenvalue weighted by Crippen LogP contribution is -2.39. The lowest BCUT2D eigenvalue weighted by atomic mass is 9.98. The van der Waals surface area contributed by atoms with Crippen LogP contribution in [0.1, 0.15) is 46.9 Å². The zero-order valence-electron chi connectivity index (χ0n) is 20.0. The summed E-state index contributed by atoms with van der Waals surface area (Å²) in [4.78, 5) is 26.4. The summed E-state index contributed by atoms with van der Waals surface area (Å²) in [5.41, 5.74) is 8.69. The first-order valence-electron chi connectivity index (χ1n) is 11.6. The van der Waals surface area contributed by atoms with E-state index in [1.54, 1.807) is 15.5 Å². The van der Waals surface area contributed by atoms with Gasteiger partial charge < -0.3 is 10.6 Å². The van der Waals surface area contributed by atoms with Crippen LogP contribution >= 0.6 is 11.6 Å². The number of aromatic nitrogens is 3. The number of halogens is 1. The van der Waals surface area contributed by atoms with Crippen LogP contribution in [-0.2, 0) is 10.0 Å². The van der Waals surface area contributed by atoms with Gasteiger partial charge in [0.25, 0.3) is 5.91 Å². The molecule has 0 aliphatic carbocycles. The number of anilines is 2. The number of aryl methyl sites for hydroxylation is 1. The average molecular weight is 531 g/mol. The van der Waals surface area contributed by atoms with E-state index in [2.05, 4.69) is 9.71 Å². The Balaban J connectivity index is 1.50. The highest BCUT2D eigenvalue weighted by molar-refractivity contribution is 7.92. The second-order valence-corrected chi connectivity index (χ2v) is 11.3. The molecule has 0 bridgehead atoms. The number of benzene rings is 1. The summed E-state index contributed by atoms with van der Waals surface area (Å²) in [5.74, 6) is 0.870. The van der Waals surface area contributed by atoms with Crippen molar-refractivity contribution in [3.05, 3.63) is 52.3 Å². The van der Waals surface area contributed by atoms with E-state index in [4.69, 9.17) is 27.4 Å². The number of carbonyl (C=O) groups excluding carboxylic acids is 1. The summed E-state index contributed by atoms with van der Waals surface area (Å²) in [6.07, 6.45) is 5.43. The SMILES string of the molecule is Cc1cn2nc(C3CCCCN3C(=O)c3cc(Cl)ccc3NS(C)(=O)=O)cc2nc1N1CCN=C1N. The van der Waals surface area contributed by atoms with Crippen molar-refractivity contribution in [2.75, 3.05) is 35.5 Å². The number of nitrogens with one attached hydrogen (secondary N) is 1. The predicted octanol–water partition coefficient (Wildman–Crippen LogP) is 2.56. The maximum atomic E-state index is 13.7. The van der Waals surface area contributed by atoms with Crippen LogP contribution in [-0.4, -0.2) is 65.7 Å². The Morgan fingerprint density at radius 1 is 1.22 bits per heavy atom. The maximum Gasteiger partial charge on any atom is 0.256 e. The molecule has 0 saturated carbocycles. The number of amides is 1. The van der Waals surface area contributed by atoms with E-state index in [1.807, 2.05) is 24.1 Å². The van der Waals surface area contributed by atoms with Gasteiger partial charge in [0.1, 0.15) is 5.82 Å². The van der Waals surface area contributed by atoms with Gasteiger partial charge in [0, 0.05) is 35.9 Å². The molecule has 13 heteroatoms. The van der Waals surface area contributed by atoms with Crippen LogP contribution in [0.2, 0.25) is 5.02 Å². The molecule has 1 fully saturated rings. The number of sulfonamides is 1. The molecule has 1 amide bonds. The molecule has 190 valence electrons. The minimum absolute atomic E-state index is 0.193. The number of rotatable bonds is 5. The minimum atomic E-state index is -3.59. The molecule has 36 heavy (non-hydrogen) atoms. The van der Waals surface area contributed by atoms with E-state index in [-0.39, 0.29) is 23.2 Å². The van der Waals surface area contributed by atoms with Gasteiger partial charge in [-0.1, -0.05) is 11.6 Å². The molecular formula is C23H27ClN8O3S. The van der Waals surface area contributed by atoms with Crippen molar-refractivity contribution < 1.29 is 13.2 Å². The van der Waals surface area contributed by atoms with Crippen LogP contribution in [0.15, 0.2) is 35.5 Å². The molecular weight excluding hydrogens is 504 g/mol. The topological polar surface area (TPSA) is 138 Å². The Labute approximate surface area is 214 Å². The number of aliphatic imine (C=N–C) groups is 1. The lowest BCUT2D eigenvalue weighted by Gasteiger charge is -2.35. The standard InChI is InChI=1S/C23H27ClN8O3S/c1-14-13-32-20(27-21(14)31-10-8-26-23(31)25)12-18(28-32)19-5-3-4-9-30(19)22(33)16-11-15(24)6-7-17(16)29-36(2,34)35/h6-7,11-13,19,29H,3-5,8-10H2,1-2H3,(H2,25,26). The van der Waals surface area contributed by atoms with Crippen LogP contribution in [0.4, 0.5) is 11.5 Å². The van der Waals surface area contributed by atoms with Crippen molar-refractivity contribution in [2.45, 2.75) is 32.2 Å². The summed E-state index contributed by atoms with van der Waals surface area (Å²) in [7, 11) is -3.59. The molecule has 2 aromatic heterocycles. The van der Waals surface area contributed by atoms with E-state index in [0.29, 0.717) is 36.3 Å². The number of likely N-dealkylation sites (tertiary alicyclic amines) is 1. The van der Waals surface area contributed by atoms with Crippen molar-refractivity contribution in [1.82, 2.24) is 19.5 Å². The smallest absolute Gasteiger partial charge is 0.256 e. The van der Waals surface area contributed by atoms with E-state index in [9.17, 15) is 13.2 Å². The summed E-state index contributed by atoms with van der Waals surface area (Å²) >= 11 is 6.18. The first kappa shape index (κ1) is 24.3. The summed E-state index contributed by atoms with van der Waals surface area (Å²) < 4.78 is 27.9. The largest absolute Gasteiger partial charge is 0.369 e. The minimum Gasteiger partial charge on any atom is -0.369 e. The van der Waals surface area contributed by atoms with Gasteiger partial charge in [-0.3, -0.25) is 19.4 Å².